The minimum absolute atomic E-state index is 0.0632. The second kappa shape index (κ2) is 41.2. The number of unbranched alkanes of at least 4 members (excludes halogenated alkanes) is 30. The summed E-state index contributed by atoms with van der Waals surface area (Å²) in [6, 6.07) is 0. The van der Waals surface area contributed by atoms with Gasteiger partial charge in [0.25, 0.3) is 0 Å². The van der Waals surface area contributed by atoms with E-state index in [0.717, 1.165) is 57.8 Å². The SMILES string of the molecule is CCCCCCCCCCCCCCCCC(=O)O[C@H](COC(=O)CCCCCCCCC)COC(=O)CCCCCCCCCCCCCC. The molecule has 1 atom stereocenters. The van der Waals surface area contributed by atoms with Gasteiger partial charge in [-0.15, -0.1) is 0 Å². The van der Waals surface area contributed by atoms with E-state index in [1.165, 1.54) is 154 Å². The molecule has 0 bridgehead atoms. The number of carbonyl (C=O) groups excluding carboxylic acids is 3. The van der Waals surface area contributed by atoms with Crippen molar-refractivity contribution in [1.29, 1.82) is 0 Å². The van der Waals surface area contributed by atoms with Crippen LogP contribution in [0.3, 0.4) is 0 Å². The van der Waals surface area contributed by atoms with Crippen LogP contribution in [0.4, 0.5) is 0 Å². The van der Waals surface area contributed by atoms with E-state index in [0.29, 0.717) is 19.3 Å². The Morgan fingerprint density at radius 1 is 0.314 bits per heavy atom. The molecular formula is C45H86O6. The van der Waals surface area contributed by atoms with E-state index >= 15 is 0 Å². The third-order valence-electron chi connectivity index (χ3n) is 10.1. The predicted octanol–water partition coefficient (Wildman–Crippen LogP) is 14.1. The Bertz CT molecular complexity index is 753. The highest BCUT2D eigenvalue weighted by atomic mass is 16.6. The minimum atomic E-state index is -0.756. The van der Waals surface area contributed by atoms with E-state index in [-0.39, 0.29) is 31.1 Å². The summed E-state index contributed by atoms with van der Waals surface area (Å²) < 4.78 is 16.7. The average Bonchev–Trinajstić information content (AvgIpc) is 3.12. The van der Waals surface area contributed by atoms with Gasteiger partial charge in [0.1, 0.15) is 13.2 Å². The van der Waals surface area contributed by atoms with Crippen molar-refractivity contribution < 1.29 is 28.6 Å². The molecule has 0 rings (SSSR count). The number of hydrogen-bond acceptors (Lipinski definition) is 6. The Morgan fingerprint density at radius 3 is 0.784 bits per heavy atom. The van der Waals surface area contributed by atoms with Crippen LogP contribution < -0.4 is 0 Å². The Balaban J connectivity index is 4.26. The second-order valence-electron chi connectivity index (χ2n) is 15.3. The number of carbonyl (C=O) groups is 3. The first kappa shape index (κ1) is 49.4. The quantitative estimate of drug-likeness (QED) is 0.0355. The van der Waals surface area contributed by atoms with Crippen LogP contribution in [0.15, 0.2) is 0 Å². The van der Waals surface area contributed by atoms with Crippen LogP contribution in [0.5, 0.6) is 0 Å². The lowest BCUT2D eigenvalue weighted by Crippen LogP contribution is -2.30. The molecule has 0 heterocycles. The fraction of sp³-hybridized carbons (Fsp3) is 0.933. The zero-order valence-electron chi connectivity index (χ0n) is 34.4. The molecule has 0 aromatic carbocycles. The maximum atomic E-state index is 12.7. The lowest BCUT2D eigenvalue weighted by Gasteiger charge is -2.18. The van der Waals surface area contributed by atoms with Crippen molar-refractivity contribution in [2.75, 3.05) is 13.2 Å². The van der Waals surface area contributed by atoms with E-state index in [9.17, 15) is 14.4 Å². The summed E-state index contributed by atoms with van der Waals surface area (Å²) in [4.78, 5) is 37.5. The summed E-state index contributed by atoms with van der Waals surface area (Å²) in [5, 5.41) is 0. The normalized spacial score (nSPS) is 11.8. The molecule has 0 amide bonds. The fourth-order valence-electron chi connectivity index (χ4n) is 6.68. The first-order chi connectivity index (χ1) is 25.0. The first-order valence-electron chi connectivity index (χ1n) is 22.5. The average molecular weight is 723 g/mol. The van der Waals surface area contributed by atoms with E-state index in [4.69, 9.17) is 14.2 Å². The maximum Gasteiger partial charge on any atom is 0.306 e. The molecule has 0 unspecified atom stereocenters. The first-order valence-corrected chi connectivity index (χ1v) is 22.5. The van der Waals surface area contributed by atoms with Crippen molar-refractivity contribution in [3.05, 3.63) is 0 Å². The van der Waals surface area contributed by atoms with Gasteiger partial charge in [-0.1, -0.05) is 213 Å². The van der Waals surface area contributed by atoms with E-state index in [2.05, 4.69) is 20.8 Å². The standard InChI is InChI=1S/C45H86O6/c1-4-7-10-13-16-18-20-22-23-25-27-30-33-36-39-45(48)51-42(40-49-43(46)37-34-31-28-15-12-9-6-3)41-50-44(47)38-35-32-29-26-24-21-19-17-14-11-8-5-2/h42H,4-41H2,1-3H3/t42-/m1/s1. The number of rotatable bonds is 41. The molecular weight excluding hydrogens is 636 g/mol. The van der Waals surface area contributed by atoms with Gasteiger partial charge in [-0.3, -0.25) is 14.4 Å². The fourth-order valence-corrected chi connectivity index (χ4v) is 6.68. The molecule has 0 aliphatic carbocycles. The predicted molar refractivity (Wildman–Crippen MR) is 215 cm³/mol. The van der Waals surface area contributed by atoms with Crippen LogP contribution in [-0.4, -0.2) is 37.2 Å². The monoisotopic (exact) mass is 723 g/mol. The van der Waals surface area contributed by atoms with Crippen LogP contribution >= 0.6 is 0 Å². The Hall–Kier alpha value is -1.59. The van der Waals surface area contributed by atoms with Gasteiger partial charge in [0, 0.05) is 19.3 Å². The molecule has 51 heavy (non-hydrogen) atoms. The van der Waals surface area contributed by atoms with E-state index < -0.39 is 6.10 Å². The summed E-state index contributed by atoms with van der Waals surface area (Å²) in [6.07, 6.45) is 40.9. The van der Waals surface area contributed by atoms with Gasteiger partial charge >= 0.3 is 17.9 Å². The third-order valence-corrected chi connectivity index (χ3v) is 10.1. The number of ether oxygens (including phenoxy) is 3. The van der Waals surface area contributed by atoms with Gasteiger partial charge in [0.2, 0.25) is 0 Å². The van der Waals surface area contributed by atoms with Crippen molar-refractivity contribution in [3.8, 4) is 0 Å². The molecule has 6 heteroatoms. The van der Waals surface area contributed by atoms with Gasteiger partial charge in [0.15, 0.2) is 6.10 Å². The number of hydrogen-bond donors (Lipinski definition) is 0. The summed E-state index contributed by atoms with van der Waals surface area (Å²) in [7, 11) is 0. The molecule has 0 N–H and O–H groups in total. The third kappa shape index (κ3) is 39.5. The molecule has 0 fully saturated rings. The van der Waals surface area contributed by atoms with Gasteiger partial charge in [-0.25, -0.2) is 0 Å². The zero-order valence-corrected chi connectivity index (χ0v) is 34.4. The summed E-state index contributed by atoms with van der Waals surface area (Å²) in [5.41, 5.74) is 0. The highest BCUT2D eigenvalue weighted by molar-refractivity contribution is 5.71. The Morgan fingerprint density at radius 2 is 0.529 bits per heavy atom. The Kier molecular flexibility index (Phi) is 39.9. The zero-order chi connectivity index (χ0) is 37.3. The molecule has 0 aromatic heterocycles. The summed E-state index contributed by atoms with van der Waals surface area (Å²) in [5.74, 6) is -0.858. The molecule has 0 spiro atoms. The summed E-state index contributed by atoms with van der Waals surface area (Å²) >= 11 is 0. The largest absolute Gasteiger partial charge is 0.462 e. The summed E-state index contributed by atoms with van der Waals surface area (Å²) in [6.45, 7) is 6.61. The van der Waals surface area contributed by atoms with Crippen LogP contribution in [0.1, 0.15) is 252 Å². The van der Waals surface area contributed by atoms with Crippen molar-refractivity contribution in [2.45, 2.75) is 258 Å². The molecule has 302 valence electrons. The highest BCUT2D eigenvalue weighted by Gasteiger charge is 2.19. The van der Waals surface area contributed by atoms with Gasteiger partial charge < -0.3 is 14.2 Å². The van der Waals surface area contributed by atoms with Gasteiger partial charge in [-0.05, 0) is 19.3 Å². The lowest BCUT2D eigenvalue weighted by molar-refractivity contribution is -0.167. The Labute approximate surface area is 317 Å². The van der Waals surface area contributed by atoms with E-state index in [1.807, 2.05) is 0 Å². The second-order valence-corrected chi connectivity index (χ2v) is 15.3. The molecule has 0 aromatic rings. The molecule has 0 aliphatic rings. The molecule has 0 radical (unpaired) electrons. The van der Waals surface area contributed by atoms with Crippen LogP contribution in [0.25, 0.3) is 0 Å². The van der Waals surface area contributed by atoms with Crippen molar-refractivity contribution in [2.24, 2.45) is 0 Å². The molecule has 6 nitrogen and oxygen atoms in total. The maximum absolute atomic E-state index is 12.7. The smallest absolute Gasteiger partial charge is 0.306 e. The van der Waals surface area contributed by atoms with Gasteiger partial charge in [0.05, 0.1) is 0 Å². The van der Waals surface area contributed by atoms with Gasteiger partial charge in [-0.2, -0.15) is 0 Å². The highest BCUT2D eigenvalue weighted by Crippen LogP contribution is 2.16. The van der Waals surface area contributed by atoms with Crippen LogP contribution in [-0.2, 0) is 28.6 Å². The molecule has 0 saturated heterocycles. The van der Waals surface area contributed by atoms with Crippen LogP contribution in [0, 0.1) is 0 Å². The van der Waals surface area contributed by atoms with Crippen molar-refractivity contribution in [3.63, 3.8) is 0 Å². The van der Waals surface area contributed by atoms with Crippen molar-refractivity contribution >= 4 is 17.9 Å². The minimum Gasteiger partial charge on any atom is -0.462 e. The van der Waals surface area contributed by atoms with Crippen LogP contribution in [0.2, 0.25) is 0 Å². The topological polar surface area (TPSA) is 78.9 Å². The van der Waals surface area contributed by atoms with Crippen molar-refractivity contribution in [1.82, 2.24) is 0 Å². The van der Waals surface area contributed by atoms with E-state index in [1.54, 1.807) is 0 Å². The number of esters is 3. The lowest BCUT2D eigenvalue weighted by atomic mass is 10.0. The molecule has 0 saturated carbocycles. The molecule has 0 aliphatic heterocycles.